The molecule has 0 radical (unpaired) electrons. The van der Waals surface area contributed by atoms with Crippen molar-refractivity contribution < 1.29 is 14.3 Å². The molecule has 0 bridgehead atoms. The highest BCUT2D eigenvalue weighted by molar-refractivity contribution is 6.01. The lowest BCUT2D eigenvalue weighted by atomic mass is 9.96. The van der Waals surface area contributed by atoms with E-state index < -0.39 is 0 Å². The average Bonchev–Trinajstić information content (AvgIpc) is 3.26. The maximum Gasteiger partial charge on any atom is 0.270 e. The quantitative estimate of drug-likeness (QED) is 0.475. The van der Waals surface area contributed by atoms with Gasteiger partial charge in [-0.2, -0.15) is 0 Å². The first kappa shape index (κ1) is 24.4. The zero-order chi connectivity index (χ0) is 24.7. The van der Waals surface area contributed by atoms with Gasteiger partial charge in [0.05, 0.1) is 7.11 Å². The van der Waals surface area contributed by atoms with Crippen LogP contribution < -0.4 is 10.1 Å². The molecular weight excluding hydrogens is 430 g/mol. The van der Waals surface area contributed by atoms with E-state index in [4.69, 9.17) is 4.74 Å². The highest BCUT2D eigenvalue weighted by Gasteiger charge is 2.22. The lowest BCUT2D eigenvalue weighted by molar-refractivity contribution is 0.0804. The Labute approximate surface area is 199 Å². The van der Waals surface area contributed by atoms with Crippen LogP contribution in [-0.4, -0.2) is 52.4 Å². The predicted octanol–water partition coefficient (Wildman–Crippen LogP) is 3.76. The highest BCUT2D eigenvalue weighted by Crippen LogP contribution is 2.33. The summed E-state index contributed by atoms with van der Waals surface area (Å²) < 4.78 is 5.54. The van der Waals surface area contributed by atoms with Gasteiger partial charge in [-0.25, -0.2) is 9.97 Å². The number of hydrogen-bond donors (Lipinski definition) is 2. The summed E-state index contributed by atoms with van der Waals surface area (Å²) in [7, 11) is 3.30. The molecular formula is C26H29N5O3. The molecule has 2 N–H and O–H groups in total. The van der Waals surface area contributed by atoms with E-state index in [1.807, 2.05) is 32.1 Å². The van der Waals surface area contributed by atoms with E-state index in [-0.39, 0.29) is 11.8 Å². The van der Waals surface area contributed by atoms with Gasteiger partial charge >= 0.3 is 0 Å². The predicted molar refractivity (Wildman–Crippen MR) is 132 cm³/mol. The van der Waals surface area contributed by atoms with Crippen LogP contribution in [0.5, 0.6) is 5.75 Å². The van der Waals surface area contributed by atoms with E-state index in [1.54, 1.807) is 49.7 Å². The van der Waals surface area contributed by atoms with Crippen LogP contribution in [0.15, 0.2) is 61.7 Å². The van der Waals surface area contributed by atoms with Crippen LogP contribution in [-0.2, 0) is 6.54 Å². The van der Waals surface area contributed by atoms with Gasteiger partial charge in [-0.3, -0.25) is 9.59 Å². The van der Waals surface area contributed by atoms with Crippen molar-refractivity contribution in [1.82, 2.24) is 25.2 Å². The molecule has 8 nitrogen and oxygen atoms in total. The van der Waals surface area contributed by atoms with Crippen molar-refractivity contribution in [3.8, 4) is 5.75 Å². The summed E-state index contributed by atoms with van der Waals surface area (Å²) in [6.45, 7) is 8.83. The lowest BCUT2D eigenvalue weighted by Gasteiger charge is -2.17. The number of methoxy groups -OCH3 is 1. The van der Waals surface area contributed by atoms with Gasteiger partial charge in [-0.05, 0) is 43.7 Å². The maximum absolute atomic E-state index is 13.1. The topological polar surface area (TPSA) is 100 Å². The Morgan fingerprint density at radius 1 is 1.21 bits per heavy atom. The molecule has 0 aliphatic rings. The Kier molecular flexibility index (Phi) is 7.97. The van der Waals surface area contributed by atoms with E-state index >= 15 is 0 Å². The second-order valence-electron chi connectivity index (χ2n) is 7.82. The number of carbonyl (C=O) groups excluding carboxylic acids is 2. The first-order valence-corrected chi connectivity index (χ1v) is 10.8. The second-order valence-corrected chi connectivity index (χ2v) is 7.82. The van der Waals surface area contributed by atoms with Crippen LogP contribution in [0.4, 0.5) is 0 Å². The number of H-pyrrole nitrogens is 1. The molecule has 176 valence electrons. The van der Waals surface area contributed by atoms with Crippen molar-refractivity contribution in [1.29, 1.82) is 0 Å². The van der Waals surface area contributed by atoms with E-state index in [0.29, 0.717) is 46.8 Å². The number of rotatable bonds is 9. The number of likely N-dealkylation sites (N-methyl/N-ethyl adjacent to an activating group) is 1. The number of nitrogens with one attached hydrogen (secondary N) is 2. The van der Waals surface area contributed by atoms with Crippen molar-refractivity contribution in [2.45, 2.75) is 20.4 Å². The molecule has 2 aromatic heterocycles. The SMILES string of the molecule is C=C(c1cc(C(=O)NCc2cncnc2)ccc1OC)c1cc(C)[nH]c1C(=O)N(C)C/C=C/C. The van der Waals surface area contributed by atoms with Crippen molar-refractivity contribution >= 4 is 17.4 Å². The van der Waals surface area contributed by atoms with Crippen LogP contribution in [0.3, 0.4) is 0 Å². The molecule has 1 aromatic carbocycles. The van der Waals surface area contributed by atoms with Crippen molar-refractivity contribution in [3.63, 3.8) is 0 Å². The van der Waals surface area contributed by atoms with Gasteiger partial charge in [0.15, 0.2) is 0 Å². The molecule has 2 heterocycles. The Balaban J connectivity index is 1.90. The van der Waals surface area contributed by atoms with Crippen molar-refractivity contribution in [2.75, 3.05) is 20.7 Å². The van der Waals surface area contributed by atoms with Crippen LogP contribution in [0.25, 0.3) is 5.57 Å². The summed E-state index contributed by atoms with van der Waals surface area (Å²) >= 11 is 0. The summed E-state index contributed by atoms with van der Waals surface area (Å²) in [5, 5.41) is 2.86. The summed E-state index contributed by atoms with van der Waals surface area (Å²) in [6.07, 6.45) is 8.54. The number of amides is 2. The maximum atomic E-state index is 13.1. The summed E-state index contributed by atoms with van der Waals surface area (Å²) in [5.74, 6) is 0.144. The number of aryl methyl sites for hydroxylation is 1. The normalized spacial score (nSPS) is 10.8. The number of aromatic amines is 1. The molecule has 2 amide bonds. The van der Waals surface area contributed by atoms with E-state index in [9.17, 15) is 9.59 Å². The van der Waals surface area contributed by atoms with Crippen molar-refractivity contribution in [3.05, 3.63) is 95.4 Å². The summed E-state index contributed by atoms with van der Waals surface area (Å²) in [6, 6.07) is 7.00. The Hall–Kier alpha value is -4.20. The number of hydrogen-bond acceptors (Lipinski definition) is 5. The molecule has 0 fully saturated rings. The van der Waals surface area contributed by atoms with Crippen LogP contribution >= 0.6 is 0 Å². The fourth-order valence-corrected chi connectivity index (χ4v) is 3.47. The minimum absolute atomic E-state index is 0.153. The molecule has 3 aromatic rings. The zero-order valence-corrected chi connectivity index (χ0v) is 19.9. The van der Waals surface area contributed by atoms with Crippen LogP contribution in [0, 0.1) is 6.92 Å². The first-order valence-electron chi connectivity index (χ1n) is 10.8. The van der Waals surface area contributed by atoms with Gasteiger partial charge in [-0.15, -0.1) is 0 Å². The molecule has 0 saturated heterocycles. The molecule has 0 spiro atoms. The summed E-state index contributed by atoms with van der Waals surface area (Å²) in [5.41, 5.74) is 4.37. The fraction of sp³-hybridized carbons (Fsp3) is 0.231. The molecule has 0 unspecified atom stereocenters. The van der Waals surface area contributed by atoms with Gasteiger partial charge in [0, 0.05) is 60.5 Å². The minimum Gasteiger partial charge on any atom is -0.496 e. The Bertz CT molecular complexity index is 1210. The largest absolute Gasteiger partial charge is 0.496 e. The molecule has 0 aliphatic heterocycles. The molecule has 8 heteroatoms. The average molecular weight is 460 g/mol. The third-order valence-electron chi connectivity index (χ3n) is 5.31. The molecule has 0 aliphatic carbocycles. The number of aromatic nitrogens is 3. The Morgan fingerprint density at radius 2 is 1.94 bits per heavy atom. The van der Waals surface area contributed by atoms with Crippen LogP contribution in [0.2, 0.25) is 0 Å². The molecule has 0 atom stereocenters. The lowest BCUT2D eigenvalue weighted by Crippen LogP contribution is -2.28. The number of benzene rings is 1. The second kappa shape index (κ2) is 11.1. The molecule has 3 rings (SSSR count). The standard InChI is InChI=1S/C26H29N5O3/c1-6-7-10-31(4)26(33)24-22(11-17(2)30-24)18(3)21-12-20(8-9-23(21)34-5)25(32)29-15-19-13-27-16-28-14-19/h6-9,11-14,16,30H,3,10,15H2,1-2,4-5H3,(H,29,32)/b7-6+. The first-order chi connectivity index (χ1) is 16.3. The fourth-order valence-electron chi connectivity index (χ4n) is 3.47. The minimum atomic E-state index is -0.256. The van der Waals surface area contributed by atoms with Gasteiger partial charge in [0.2, 0.25) is 0 Å². The van der Waals surface area contributed by atoms with E-state index in [2.05, 4.69) is 26.8 Å². The Morgan fingerprint density at radius 3 is 2.62 bits per heavy atom. The number of allylic oxidation sites excluding steroid dienone is 1. The van der Waals surface area contributed by atoms with Gasteiger partial charge < -0.3 is 19.9 Å². The highest BCUT2D eigenvalue weighted by atomic mass is 16.5. The number of nitrogens with zero attached hydrogens (tertiary/aromatic N) is 3. The van der Waals surface area contributed by atoms with Gasteiger partial charge in [0.25, 0.3) is 11.8 Å². The van der Waals surface area contributed by atoms with Crippen molar-refractivity contribution in [2.24, 2.45) is 0 Å². The summed E-state index contributed by atoms with van der Waals surface area (Å²) in [4.78, 5) is 38.6. The third-order valence-corrected chi connectivity index (χ3v) is 5.31. The monoisotopic (exact) mass is 459 g/mol. The van der Waals surface area contributed by atoms with Gasteiger partial charge in [-0.1, -0.05) is 18.7 Å². The molecule has 34 heavy (non-hydrogen) atoms. The molecule has 0 saturated carbocycles. The zero-order valence-electron chi connectivity index (χ0n) is 19.9. The van der Waals surface area contributed by atoms with E-state index in [0.717, 1.165) is 11.3 Å². The smallest absolute Gasteiger partial charge is 0.270 e. The third kappa shape index (κ3) is 5.58. The van der Waals surface area contributed by atoms with Gasteiger partial charge in [0.1, 0.15) is 17.8 Å². The van der Waals surface area contributed by atoms with E-state index in [1.165, 1.54) is 6.33 Å². The van der Waals surface area contributed by atoms with Crippen LogP contribution in [0.1, 0.15) is 50.2 Å². The number of carbonyl (C=O) groups is 2. The number of ether oxygens (including phenoxy) is 1.